The van der Waals surface area contributed by atoms with Crippen molar-refractivity contribution in [3.8, 4) is 0 Å². The van der Waals surface area contributed by atoms with Crippen molar-refractivity contribution in [1.82, 2.24) is 0 Å². The molecule has 4 nitrogen and oxygen atoms in total. The highest BCUT2D eigenvalue weighted by atomic mass is 19.4. The third-order valence-electron chi connectivity index (χ3n) is 11.1. The van der Waals surface area contributed by atoms with Gasteiger partial charge in [0.1, 0.15) is 5.60 Å². The number of halogens is 5. The highest BCUT2D eigenvalue weighted by Crippen LogP contribution is 2.71. The first-order chi connectivity index (χ1) is 18.5. The third kappa shape index (κ3) is 3.89. The lowest BCUT2D eigenvalue weighted by Gasteiger charge is -2.59. The Labute approximate surface area is 231 Å². The van der Waals surface area contributed by atoms with Gasteiger partial charge in [-0.2, -0.15) is 22.0 Å². The minimum absolute atomic E-state index is 0.0540. The van der Waals surface area contributed by atoms with Crippen LogP contribution in [0.5, 0.6) is 0 Å². The van der Waals surface area contributed by atoms with Crippen LogP contribution < -0.4 is 0 Å². The third-order valence-corrected chi connectivity index (χ3v) is 11.1. The van der Waals surface area contributed by atoms with Crippen LogP contribution in [0.3, 0.4) is 0 Å². The molecule has 0 radical (unpaired) electrons. The molecule has 1 aromatic rings. The van der Waals surface area contributed by atoms with Crippen LogP contribution in [0.4, 0.5) is 22.0 Å². The van der Waals surface area contributed by atoms with Gasteiger partial charge in [0.05, 0.1) is 18.8 Å². The molecule has 4 aliphatic carbocycles. The van der Waals surface area contributed by atoms with Gasteiger partial charge in [-0.15, -0.1) is 0 Å². The largest absolute Gasteiger partial charge is 0.456 e. The van der Waals surface area contributed by atoms with Crippen molar-refractivity contribution in [2.45, 2.75) is 107 Å². The zero-order valence-electron chi connectivity index (χ0n) is 23.3. The molecule has 1 aromatic carbocycles. The summed E-state index contributed by atoms with van der Waals surface area (Å²) >= 11 is 0. The summed E-state index contributed by atoms with van der Waals surface area (Å²) in [4.78, 5) is 0. The molecule has 3 unspecified atom stereocenters. The predicted molar refractivity (Wildman–Crippen MR) is 138 cm³/mol. The number of hydrogen-bond donors (Lipinski definition) is 2. The quantitative estimate of drug-likeness (QED) is 0.300. The van der Waals surface area contributed by atoms with Crippen molar-refractivity contribution in [1.29, 1.82) is 0 Å². The Morgan fingerprint density at radius 1 is 0.875 bits per heavy atom. The monoisotopic (exact) mass is 570 g/mol. The van der Waals surface area contributed by atoms with Crippen LogP contribution in [0.2, 0.25) is 0 Å². The molecule has 1 heterocycles. The molecule has 1 spiro atoms. The van der Waals surface area contributed by atoms with Crippen molar-refractivity contribution >= 4 is 0 Å². The molecule has 1 aliphatic heterocycles. The van der Waals surface area contributed by atoms with E-state index in [2.05, 4.69) is 13.8 Å². The summed E-state index contributed by atoms with van der Waals surface area (Å²) in [7, 11) is 0. The van der Waals surface area contributed by atoms with Crippen molar-refractivity contribution in [3.05, 3.63) is 47.0 Å². The van der Waals surface area contributed by atoms with Gasteiger partial charge in [-0.1, -0.05) is 56.7 Å². The smallest absolute Gasteiger partial charge is 0.385 e. The van der Waals surface area contributed by atoms with Gasteiger partial charge < -0.3 is 19.7 Å². The number of allylic oxidation sites excluding steroid dienone is 1. The Balaban J connectivity index is 1.44. The lowest BCUT2D eigenvalue weighted by atomic mass is 9.49. The fourth-order valence-electron chi connectivity index (χ4n) is 8.99. The van der Waals surface area contributed by atoms with Gasteiger partial charge in [0, 0.05) is 29.6 Å². The van der Waals surface area contributed by atoms with Crippen LogP contribution in [-0.2, 0) is 9.47 Å². The first kappa shape index (κ1) is 28.6. The number of alkyl halides is 5. The van der Waals surface area contributed by atoms with Crippen molar-refractivity contribution in [2.75, 3.05) is 13.2 Å². The number of ether oxygens (including phenoxy) is 2. The minimum Gasteiger partial charge on any atom is -0.385 e. The van der Waals surface area contributed by atoms with Gasteiger partial charge >= 0.3 is 12.1 Å². The van der Waals surface area contributed by atoms with E-state index < -0.39 is 52.8 Å². The van der Waals surface area contributed by atoms with E-state index in [9.17, 15) is 23.4 Å². The first-order valence-corrected chi connectivity index (χ1v) is 14.4. The maximum atomic E-state index is 15.1. The summed E-state index contributed by atoms with van der Waals surface area (Å²) < 4.78 is 83.9. The van der Waals surface area contributed by atoms with Crippen LogP contribution in [-0.4, -0.2) is 52.5 Å². The molecule has 222 valence electrons. The maximum Gasteiger partial charge on any atom is 0.456 e. The van der Waals surface area contributed by atoms with E-state index in [1.807, 2.05) is 30.3 Å². The van der Waals surface area contributed by atoms with Crippen LogP contribution >= 0.6 is 0 Å². The summed E-state index contributed by atoms with van der Waals surface area (Å²) in [5, 5.41) is 23.5. The molecule has 2 N–H and O–H groups in total. The number of aliphatic hydroxyl groups is 2. The number of hydrogen-bond acceptors (Lipinski definition) is 4. The van der Waals surface area contributed by atoms with Crippen LogP contribution in [0.25, 0.3) is 0 Å². The highest BCUT2D eigenvalue weighted by Gasteiger charge is 2.79. The minimum atomic E-state index is -5.86. The van der Waals surface area contributed by atoms with Gasteiger partial charge in [-0.3, -0.25) is 0 Å². The van der Waals surface area contributed by atoms with Gasteiger partial charge in [-0.05, 0) is 61.5 Å². The normalized spacial score (nSPS) is 40.9. The second-order valence-electron chi connectivity index (χ2n) is 14.1. The maximum absolute atomic E-state index is 15.1. The molecule has 0 amide bonds. The average Bonchev–Trinajstić information content (AvgIpc) is 3.16. The van der Waals surface area contributed by atoms with Crippen LogP contribution in [0, 0.1) is 22.7 Å². The summed E-state index contributed by atoms with van der Waals surface area (Å²) in [5.41, 5.74) is -3.60. The summed E-state index contributed by atoms with van der Waals surface area (Å²) in [5.74, 6) is -7.50. The molecule has 4 fully saturated rings. The number of benzene rings is 1. The molecule has 0 bridgehead atoms. The van der Waals surface area contributed by atoms with Gasteiger partial charge in [0.25, 0.3) is 0 Å². The molecule has 6 rings (SSSR count). The van der Waals surface area contributed by atoms with E-state index >= 15 is 8.78 Å². The predicted octanol–water partition coefficient (Wildman–Crippen LogP) is 6.91. The molecule has 5 aliphatic rings. The SMILES string of the molecule is CC1(C)COC2(CCC3=C4C(CCC3(O)C2)C2CC[C@@](O)(C(F)(F)C(F)(F)F)[C@@]2(C)C[C@@H]4c2ccccc2)OC1. The number of rotatable bonds is 2. The van der Waals surface area contributed by atoms with E-state index in [0.29, 0.717) is 38.9 Å². The summed E-state index contributed by atoms with van der Waals surface area (Å²) in [6, 6.07) is 9.21. The molecular weight excluding hydrogens is 531 g/mol. The topological polar surface area (TPSA) is 58.9 Å². The lowest BCUT2D eigenvalue weighted by molar-refractivity contribution is -0.362. The summed E-state index contributed by atoms with van der Waals surface area (Å²) in [6.07, 6.45) is -4.38. The second kappa shape index (κ2) is 8.74. The molecule has 0 aromatic heterocycles. The van der Waals surface area contributed by atoms with Crippen LogP contribution in [0.1, 0.15) is 83.6 Å². The van der Waals surface area contributed by atoms with E-state index in [1.54, 1.807) is 0 Å². The fourth-order valence-corrected chi connectivity index (χ4v) is 8.99. The van der Waals surface area contributed by atoms with Crippen molar-refractivity contribution < 1.29 is 41.6 Å². The Bertz CT molecular complexity index is 1190. The standard InChI is InChI=1S/C31H39F5O4/c1-25(2)17-39-28(40-18-25)13-10-23-24-20(9-12-27(23,37)16-28)22-11-14-29(38,30(32,33)31(34,35)36)26(22,3)15-21(24)19-7-5-4-6-8-19/h4-8,20-22,37-38H,9-18H2,1-3H3/t20?,21-,22?,26+,27?,29+/m1/s1. The second-order valence-corrected chi connectivity index (χ2v) is 14.1. The highest BCUT2D eigenvalue weighted by molar-refractivity contribution is 5.44. The van der Waals surface area contributed by atoms with Gasteiger partial charge in [-0.25, -0.2) is 0 Å². The molecular formula is C31H39F5O4. The molecule has 9 heteroatoms. The van der Waals surface area contributed by atoms with Crippen LogP contribution in [0.15, 0.2) is 41.5 Å². The average molecular weight is 571 g/mol. The molecule has 40 heavy (non-hydrogen) atoms. The molecule has 6 atom stereocenters. The van der Waals surface area contributed by atoms with E-state index in [0.717, 1.165) is 16.7 Å². The van der Waals surface area contributed by atoms with Gasteiger partial charge in [0.2, 0.25) is 0 Å². The lowest BCUT2D eigenvalue weighted by Crippen LogP contribution is -2.65. The fraction of sp³-hybridized carbons (Fsp3) is 0.742. The zero-order valence-corrected chi connectivity index (χ0v) is 23.3. The molecule has 3 saturated carbocycles. The first-order valence-electron chi connectivity index (χ1n) is 14.4. The van der Waals surface area contributed by atoms with E-state index in [1.165, 1.54) is 6.92 Å². The number of fused-ring (bicyclic) bond motifs is 4. The Morgan fingerprint density at radius 3 is 2.15 bits per heavy atom. The summed E-state index contributed by atoms with van der Waals surface area (Å²) in [6.45, 7) is 6.58. The Kier molecular flexibility index (Phi) is 6.24. The van der Waals surface area contributed by atoms with E-state index in [-0.39, 0.29) is 30.6 Å². The Morgan fingerprint density at radius 2 is 1.52 bits per heavy atom. The van der Waals surface area contributed by atoms with Crippen molar-refractivity contribution in [3.63, 3.8) is 0 Å². The van der Waals surface area contributed by atoms with Crippen molar-refractivity contribution in [2.24, 2.45) is 22.7 Å². The zero-order chi connectivity index (χ0) is 29.0. The Hall–Kier alpha value is -1.55. The van der Waals surface area contributed by atoms with Gasteiger partial charge in [0.15, 0.2) is 5.79 Å². The van der Waals surface area contributed by atoms with E-state index in [4.69, 9.17) is 9.47 Å². The molecule has 1 saturated heterocycles.